The number of rotatable bonds is 6. The average Bonchev–Trinajstić information content (AvgIpc) is 3.12. The van der Waals surface area contributed by atoms with Gasteiger partial charge in [0.25, 0.3) is 0 Å². The van der Waals surface area contributed by atoms with Gasteiger partial charge in [0.1, 0.15) is 18.1 Å². The van der Waals surface area contributed by atoms with Crippen LogP contribution in [0.5, 0.6) is 11.5 Å². The summed E-state index contributed by atoms with van der Waals surface area (Å²) < 4.78 is 13.3. The highest BCUT2D eigenvalue weighted by Crippen LogP contribution is 2.26. The summed E-state index contributed by atoms with van der Waals surface area (Å²) in [6.07, 6.45) is 0. The molecule has 1 aliphatic heterocycles. The van der Waals surface area contributed by atoms with Crippen LogP contribution in [0.15, 0.2) is 52.7 Å². The van der Waals surface area contributed by atoms with Gasteiger partial charge in [0.15, 0.2) is 5.82 Å². The molecule has 1 aliphatic rings. The Hall–Kier alpha value is -2.80. The Bertz CT molecular complexity index is 1010. The Morgan fingerprint density at radius 3 is 2.64 bits per heavy atom. The lowest BCUT2D eigenvalue weighted by Gasteiger charge is -2.15. The molecule has 28 heavy (non-hydrogen) atoms. The fourth-order valence-corrected chi connectivity index (χ4v) is 3.79. The molecule has 0 fully saturated rings. The highest BCUT2D eigenvalue weighted by Gasteiger charge is 2.20. The third-order valence-corrected chi connectivity index (χ3v) is 5.58. The van der Waals surface area contributed by atoms with Crippen LogP contribution in [0.3, 0.4) is 0 Å². The summed E-state index contributed by atoms with van der Waals surface area (Å²) in [5, 5.41) is 14.1. The number of hydrogen-bond acceptors (Lipinski definition) is 6. The molecule has 0 atom stereocenters. The van der Waals surface area contributed by atoms with E-state index in [4.69, 9.17) is 14.6 Å². The molecule has 0 radical (unpaired) electrons. The molecular formula is C21H22N4O2S. The summed E-state index contributed by atoms with van der Waals surface area (Å²) in [5.41, 5.74) is 4.38. The van der Waals surface area contributed by atoms with Crippen LogP contribution in [0.25, 0.3) is 0 Å². The number of aromatic nitrogens is 3. The van der Waals surface area contributed by atoms with Crippen molar-refractivity contribution < 1.29 is 9.47 Å². The largest absolute Gasteiger partial charge is 0.494 e. The lowest BCUT2D eigenvalue weighted by molar-refractivity contribution is 0.287. The van der Waals surface area contributed by atoms with Crippen molar-refractivity contribution in [3.05, 3.63) is 65.0 Å². The Morgan fingerprint density at radius 1 is 1.04 bits per heavy atom. The molecule has 2 heterocycles. The monoisotopic (exact) mass is 394 g/mol. The summed E-state index contributed by atoms with van der Waals surface area (Å²) in [6.45, 7) is 7.08. The third kappa shape index (κ3) is 3.75. The van der Waals surface area contributed by atoms with Gasteiger partial charge in [-0.15, -0.1) is 10.2 Å². The normalized spacial score (nSPS) is 13.0. The molecule has 6 nitrogen and oxygen atoms in total. The van der Waals surface area contributed by atoms with Crippen molar-refractivity contribution in [1.82, 2.24) is 14.9 Å². The van der Waals surface area contributed by atoms with Gasteiger partial charge in [-0.3, -0.25) is 0 Å². The number of aryl methyl sites for hydroxylation is 1. The topological polar surface area (TPSA) is 61.5 Å². The summed E-state index contributed by atoms with van der Waals surface area (Å²) >= 11 is 1.63. The van der Waals surface area contributed by atoms with Crippen molar-refractivity contribution in [2.24, 2.45) is 5.10 Å². The third-order valence-electron chi connectivity index (χ3n) is 4.65. The van der Waals surface area contributed by atoms with Gasteiger partial charge in [-0.25, -0.2) is 0 Å². The van der Waals surface area contributed by atoms with Crippen LogP contribution in [0.2, 0.25) is 0 Å². The second kappa shape index (κ2) is 8.06. The highest BCUT2D eigenvalue weighted by atomic mass is 32.2. The van der Waals surface area contributed by atoms with E-state index in [1.165, 1.54) is 5.56 Å². The molecule has 0 saturated heterocycles. The first-order chi connectivity index (χ1) is 13.7. The molecule has 7 heteroatoms. The molecule has 0 bridgehead atoms. The first-order valence-electron chi connectivity index (χ1n) is 9.23. The first-order valence-corrected chi connectivity index (χ1v) is 10.2. The minimum atomic E-state index is 0.317. The molecule has 2 aromatic carbocycles. The zero-order valence-corrected chi connectivity index (χ0v) is 17.0. The van der Waals surface area contributed by atoms with E-state index >= 15 is 0 Å². The summed E-state index contributed by atoms with van der Waals surface area (Å²) in [5.74, 6) is 3.16. The molecule has 4 rings (SSSR count). The molecule has 144 valence electrons. The smallest absolute Gasteiger partial charge is 0.212 e. The van der Waals surface area contributed by atoms with Crippen LogP contribution < -0.4 is 9.47 Å². The maximum absolute atomic E-state index is 5.99. The Kier molecular flexibility index (Phi) is 5.34. The van der Waals surface area contributed by atoms with Crippen LogP contribution in [0.1, 0.15) is 29.4 Å². The van der Waals surface area contributed by atoms with Crippen LogP contribution in [-0.4, -0.2) is 32.9 Å². The summed E-state index contributed by atoms with van der Waals surface area (Å²) in [6, 6.07) is 14.0. The van der Waals surface area contributed by atoms with E-state index < -0.39 is 0 Å². The Balaban J connectivity index is 1.55. The van der Waals surface area contributed by atoms with Gasteiger partial charge in [-0.1, -0.05) is 23.9 Å². The molecule has 3 aromatic rings. The SMILES string of the molecule is CCOc1ccc(C2=Nn3c(COc4cccc(C)c4C)nnc3SC2)cc1. The second-order valence-electron chi connectivity index (χ2n) is 6.49. The second-order valence-corrected chi connectivity index (χ2v) is 7.43. The van der Waals surface area contributed by atoms with Crippen molar-refractivity contribution in [3.63, 3.8) is 0 Å². The number of ether oxygens (including phenoxy) is 2. The van der Waals surface area contributed by atoms with Crippen molar-refractivity contribution in [2.45, 2.75) is 32.5 Å². The maximum Gasteiger partial charge on any atom is 0.212 e. The van der Waals surface area contributed by atoms with Gasteiger partial charge in [0, 0.05) is 5.75 Å². The summed E-state index contributed by atoms with van der Waals surface area (Å²) in [7, 11) is 0. The van der Waals surface area contributed by atoms with E-state index in [0.29, 0.717) is 19.0 Å². The van der Waals surface area contributed by atoms with Crippen LogP contribution in [0.4, 0.5) is 0 Å². The van der Waals surface area contributed by atoms with Gasteiger partial charge in [-0.05, 0) is 67.8 Å². The molecule has 0 saturated carbocycles. The maximum atomic E-state index is 5.99. The minimum Gasteiger partial charge on any atom is -0.494 e. The van der Waals surface area contributed by atoms with Crippen molar-refractivity contribution in [3.8, 4) is 11.5 Å². The van der Waals surface area contributed by atoms with Crippen molar-refractivity contribution in [2.75, 3.05) is 12.4 Å². The van der Waals surface area contributed by atoms with Gasteiger partial charge < -0.3 is 9.47 Å². The molecule has 1 aromatic heterocycles. The van der Waals surface area contributed by atoms with E-state index in [-0.39, 0.29) is 0 Å². The number of fused-ring (bicyclic) bond motifs is 1. The van der Waals surface area contributed by atoms with E-state index in [0.717, 1.165) is 39.2 Å². The molecular weight excluding hydrogens is 372 g/mol. The molecule has 0 unspecified atom stereocenters. The fourth-order valence-electron chi connectivity index (χ4n) is 2.93. The van der Waals surface area contributed by atoms with Crippen molar-refractivity contribution in [1.29, 1.82) is 0 Å². The fraction of sp³-hybridized carbons (Fsp3) is 0.286. The first kappa shape index (κ1) is 18.6. The highest BCUT2D eigenvalue weighted by molar-refractivity contribution is 7.99. The minimum absolute atomic E-state index is 0.317. The predicted molar refractivity (Wildman–Crippen MR) is 111 cm³/mol. The Morgan fingerprint density at radius 2 is 1.86 bits per heavy atom. The van der Waals surface area contributed by atoms with Crippen LogP contribution >= 0.6 is 11.8 Å². The molecule has 0 aliphatic carbocycles. The number of nitrogens with zero attached hydrogens (tertiary/aromatic N) is 4. The molecule has 0 spiro atoms. The van der Waals surface area contributed by atoms with Gasteiger partial charge in [0.05, 0.1) is 12.3 Å². The van der Waals surface area contributed by atoms with Gasteiger partial charge in [0.2, 0.25) is 5.16 Å². The van der Waals surface area contributed by atoms with Gasteiger partial charge >= 0.3 is 0 Å². The number of benzene rings is 2. The standard InChI is InChI=1S/C21H22N4O2S/c1-4-26-17-10-8-16(9-11-17)18-13-28-21-23-22-20(25(21)24-18)12-27-19-7-5-6-14(2)15(19)3/h5-11H,4,12-13H2,1-3H3. The van der Waals surface area contributed by atoms with Gasteiger partial charge in [-0.2, -0.15) is 9.78 Å². The lowest BCUT2D eigenvalue weighted by atomic mass is 10.1. The lowest BCUT2D eigenvalue weighted by Crippen LogP contribution is -2.15. The Labute approximate surface area is 168 Å². The molecule has 0 amide bonds. The van der Waals surface area contributed by atoms with Crippen molar-refractivity contribution >= 4 is 17.5 Å². The number of hydrogen-bond donors (Lipinski definition) is 0. The number of thioether (sulfide) groups is 1. The summed E-state index contributed by atoms with van der Waals surface area (Å²) in [4.78, 5) is 0. The van der Waals surface area contributed by atoms with E-state index in [1.54, 1.807) is 16.4 Å². The van der Waals surface area contributed by atoms with Crippen LogP contribution in [0, 0.1) is 13.8 Å². The zero-order chi connectivity index (χ0) is 19.5. The quantitative estimate of drug-likeness (QED) is 0.626. The average molecular weight is 395 g/mol. The predicted octanol–water partition coefficient (Wildman–Crippen LogP) is 4.23. The zero-order valence-electron chi connectivity index (χ0n) is 16.2. The van der Waals surface area contributed by atoms with E-state index in [9.17, 15) is 0 Å². The van der Waals surface area contributed by atoms with E-state index in [1.807, 2.05) is 43.3 Å². The van der Waals surface area contributed by atoms with Crippen LogP contribution in [-0.2, 0) is 6.61 Å². The van der Waals surface area contributed by atoms with E-state index in [2.05, 4.69) is 30.1 Å². The molecule has 0 N–H and O–H groups in total.